The fraction of sp³-hybridized carbons (Fsp3) is 0.316. The second-order valence-electron chi connectivity index (χ2n) is 6.41. The first-order chi connectivity index (χ1) is 11.9. The van der Waals surface area contributed by atoms with E-state index in [1.165, 1.54) is 17.7 Å². The van der Waals surface area contributed by atoms with Crippen molar-refractivity contribution in [3.05, 3.63) is 64.7 Å². The lowest BCUT2D eigenvalue weighted by atomic mass is 10.1. The highest BCUT2D eigenvalue weighted by Crippen LogP contribution is 2.25. The molecule has 6 heteroatoms. The fourth-order valence-electron chi connectivity index (χ4n) is 2.93. The van der Waals surface area contributed by atoms with Crippen LogP contribution in [0.5, 0.6) is 0 Å². The van der Waals surface area contributed by atoms with Crippen LogP contribution in [0, 0.1) is 6.92 Å². The number of carbonyl (C=O) groups is 1. The first-order valence-corrected chi connectivity index (χ1v) is 10.1. The number of sulfone groups is 1. The maximum Gasteiger partial charge on any atom is 0.222 e. The molecule has 1 aliphatic rings. The van der Waals surface area contributed by atoms with Crippen LogP contribution in [0.25, 0.3) is 0 Å². The molecule has 0 atom stereocenters. The minimum absolute atomic E-state index is 0.00376. The van der Waals surface area contributed by atoms with Gasteiger partial charge in [0.15, 0.2) is 9.84 Å². The van der Waals surface area contributed by atoms with Crippen molar-refractivity contribution in [1.82, 2.24) is 4.90 Å². The number of rotatable bonds is 5. The number of amides is 1. The van der Waals surface area contributed by atoms with Crippen LogP contribution in [-0.4, -0.2) is 37.6 Å². The maximum atomic E-state index is 12.5. The molecule has 0 aromatic heterocycles. The lowest BCUT2D eigenvalue weighted by Crippen LogP contribution is -2.56. The molecule has 1 aliphatic heterocycles. The van der Waals surface area contributed by atoms with Gasteiger partial charge < -0.3 is 4.90 Å². The van der Waals surface area contributed by atoms with E-state index in [0.29, 0.717) is 17.9 Å². The Labute approximate surface area is 153 Å². The number of likely N-dealkylation sites (tertiary alicyclic amines) is 1. The molecular weight excluding hydrogens is 358 g/mol. The van der Waals surface area contributed by atoms with Crippen molar-refractivity contribution in [2.24, 2.45) is 0 Å². The van der Waals surface area contributed by atoms with Gasteiger partial charge >= 0.3 is 0 Å². The minimum Gasteiger partial charge on any atom is -0.340 e. The molecule has 132 valence electrons. The van der Waals surface area contributed by atoms with Gasteiger partial charge in [0, 0.05) is 24.5 Å². The van der Waals surface area contributed by atoms with Crippen molar-refractivity contribution in [2.75, 3.05) is 13.1 Å². The molecule has 0 unspecified atom stereocenters. The zero-order chi connectivity index (χ0) is 18.0. The summed E-state index contributed by atoms with van der Waals surface area (Å²) in [6, 6.07) is 14.2. The molecule has 2 aromatic rings. The molecule has 1 saturated heterocycles. The van der Waals surface area contributed by atoms with Crippen molar-refractivity contribution in [2.45, 2.75) is 29.9 Å². The van der Waals surface area contributed by atoms with E-state index in [-0.39, 0.29) is 23.9 Å². The van der Waals surface area contributed by atoms with Gasteiger partial charge in [0.2, 0.25) is 5.91 Å². The highest BCUT2D eigenvalue weighted by atomic mass is 35.5. The van der Waals surface area contributed by atoms with E-state index in [2.05, 4.69) is 6.07 Å². The summed E-state index contributed by atoms with van der Waals surface area (Å²) in [4.78, 5) is 14.1. The fourth-order valence-corrected chi connectivity index (χ4v) is 4.71. The molecule has 3 rings (SSSR count). The van der Waals surface area contributed by atoms with Crippen molar-refractivity contribution < 1.29 is 13.2 Å². The van der Waals surface area contributed by atoms with Crippen molar-refractivity contribution >= 4 is 27.3 Å². The SMILES string of the molecule is Cc1cccc(CCC(=O)N2CC(S(=O)(=O)c3ccc(Cl)cc3)C2)c1. The predicted molar refractivity (Wildman–Crippen MR) is 98.5 cm³/mol. The van der Waals surface area contributed by atoms with Crippen molar-refractivity contribution in [3.8, 4) is 0 Å². The molecule has 1 heterocycles. The molecule has 1 fully saturated rings. The summed E-state index contributed by atoms with van der Waals surface area (Å²) in [5.41, 5.74) is 2.29. The van der Waals surface area contributed by atoms with Crippen LogP contribution >= 0.6 is 11.6 Å². The summed E-state index contributed by atoms with van der Waals surface area (Å²) >= 11 is 5.80. The maximum absolute atomic E-state index is 12.5. The summed E-state index contributed by atoms with van der Waals surface area (Å²) < 4.78 is 25.1. The van der Waals surface area contributed by atoms with Gasteiger partial charge in [-0.15, -0.1) is 0 Å². The average Bonchev–Trinajstić information content (AvgIpc) is 2.52. The minimum atomic E-state index is -3.41. The summed E-state index contributed by atoms with van der Waals surface area (Å²) in [5.74, 6) is 0.00376. The molecule has 0 aliphatic carbocycles. The van der Waals surface area contributed by atoms with E-state index in [9.17, 15) is 13.2 Å². The molecular formula is C19H20ClNO3S. The predicted octanol–water partition coefficient (Wildman–Crippen LogP) is 3.27. The lowest BCUT2D eigenvalue weighted by Gasteiger charge is -2.38. The summed E-state index contributed by atoms with van der Waals surface area (Å²) in [5, 5.41) is -0.0305. The second-order valence-corrected chi connectivity index (χ2v) is 9.07. The van der Waals surface area contributed by atoms with Crippen LogP contribution in [0.3, 0.4) is 0 Å². The number of hydrogen-bond acceptors (Lipinski definition) is 3. The number of benzene rings is 2. The van der Waals surface area contributed by atoms with E-state index < -0.39 is 15.1 Å². The van der Waals surface area contributed by atoms with E-state index in [4.69, 9.17) is 11.6 Å². The monoisotopic (exact) mass is 377 g/mol. The summed E-state index contributed by atoms with van der Waals surface area (Å²) in [6.07, 6.45) is 1.07. The molecule has 0 saturated carbocycles. The van der Waals surface area contributed by atoms with E-state index in [0.717, 1.165) is 5.56 Å². The standard InChI is InChI=1S/C19H20ClNO3S/c1-14-3-2-4-15(11-14)5-10-19(22)21-12-18(13-21)25(23,24)17-8-6-16(20)7-9-17/h2-4,6-9,11,18H,5,10,12-13H2,1H3. The van der Waals surface area contributed by atoms with Gasteiger partial charge in [0.05, 0.1) is 4.90 Å². The summed E-state index contributed by atoms with van der Waals surface area (Å²) in [6.45, 7) is 2.54. The normalized spacial score (nSPS) is 15.0. The number of aryl methyl sites for hydroxylation is 2. The first-order valence-electron chi connectivity index (χ1n) is 8.19. The molecule has 25 heavy (non-hydrogen) atoms. The van der Waals surface area contributed by atoms with Gasteiger partial charge in [-0.1, -0.05) is 41.4 Å². The molecule has 0 spiro atoms. The molecule has 0 bridgehead atoms. The van der Waals surface area contributed by atoms with Gasteiger partial charge in [-0.05, 0) is 43.2 Å². The van der Waals surface area contributed by atoms with Gasteiger partial charge in [0.25, 0.3) is 0 Å². The topological polar surface area (TPSA) is 54.5 Å². The Kier molecular flexibility index (Phi) is 5.16. The Balaban J connectivity index is 1.54. The Hall–Kier alpha value is -1.85. The zero-order valence-corrected chi connectivity index (χ0v) is 15.6. The van der Waals surface area contributed by atoms with Crippen LogP contribution < -0.4 is 0 Å². The molecule has 0 radical (unpaired) electrons. The second kappa shape index (κ2) is 7.18. The van der Waals surface area contributed by atoms with Gasteiger partial charge in [-0.3, -0.25) is 4.79 Å². The van der Waals surface area contributed by atoms with Crippen LogP contribution in [0.4, 0.5) is 0 Å². The van der Waals surface area contributed by atoms with Crippen LogP contribution in [0.1, 0.15) is 17.5 Å². The van der Waals surface area contributed by atoms with Crippen LogP contribution in [0.2, 0.25) is 5.02 Å². The van der Waals surface area contributed by atoms with E-state index in [1.807, 2.05) is 25.1 Å². The third-order valence-corrected chi connectivity index (χ3v) is 6.85. The number of halogens is 1. The van der Waals surface area contributed by atoms with Gasteiger partial charge in [-0.2, -0.15) is 0 Å². The van der Waals surface area contributed by atoms with Crippen LogP contribution in [0.15, 0.2) is 53.4 Å². The molecule has 1 amide bonds. The smallest absolute Gasteiger partial charge is 0.222 e. The molecule has 4 nitrogen and oxygen atoms in total. The Morgan fingerprint density at radius 2 is 1.84 bits per heavy atom. The Morgan fingerprint density at radius 1 is 1.16 bits per heavy atom. The van der Waals surface area contributed by atoms with Crippen molar-refractivity contribution in [3.63, 3.8) is 0 Å². The van der Waals surface area contributed by atoms with Gasteiger partial charge in [-0.25, -0.2) is 8.42 Å². The Bertz CT molecular complexity index is 872. The van der Waals surface area contributed by atoms with Crippen molar-refractivity contribution in [1.29, 1.82) is 0 Å². The highest BCUT2D eigenvalue weighted by Gasteiger charge is 2.40. The Morgan fingerprint density at radius 3 is 2.48 bits per heavy atom. The largest absolute Gasteiger partial charge is 0.340 e. The number of hydrogen-bond donors (Lipinski definition) is 0. The molecule has 2 aromatic carbocycles. The van der Waals surface area contributed by atoms with E-state index >= 15 is 0 Å². The number of carbonyl (C=O) groups excluding carboxylic acids is 1. The zero-order valence-electron chi connectivity index (χ0n) is 14.0. The van der Waals surface area contributed by atoms with Crippen LogP contribution in [-0.2, 0) is 21.1 Å². The highest BCUT2D eigenvalue weighted by molar-refractivity contribution is 7.92. The lowest BCUT2D eigenvalue weighted by molar-refractivity contribution is -0.134. The van der Waals surface area contributed by atoms with E-state index in [1.54, 1.807) is 17.0 Å². The molecule has 0 N–H and O–H groups in total. The third kappa shape index (κ3) is 4.05. The number of nitrogens with zero attached hydrogens (tertiary/aromatic N) is 1. The third-order valence-electron chi connectivity index (χ3n) is 4.49. The average molecular weight is 378 g/mol. The summed E-state index contributed by atoms with van der Waals surface area (Å²) in [7, 11) is -3.41. The first kappa shape index (κ1) is 18.0. The van der Waals surface area contributed by atoms with Gasteiger partial charge in [0.1, 0.15) is 5.25 Å². The quantitative estimate of drug-likeness (QED) is 0.803.